The molecule has 1 aromatic carbocycles. The Balaban J connectivity index is 2.30. The summed E-state index contributed by atoms with van der Waals surface area (Å²) in [6.45, 7) is -1.27. The van der Waals surface area contributed by atoms with Gasteiger partial charge in [0, 0.05) is 0 Å². The predicted molar refractivity (Wildman–Crippen MR) is 50.8 cm³/mol. The molecule has 0 amide bonds. The number of thioether (sulfide) groups is 1. The van der Waals surface area contributed by atoms with Gasteiger partial charge in [0.1, 0.15) is 12.4 Å². The van der Waals surface area contributed by atoms with Crippen molar-refractivity contribution in [3.63, 3.8) is 0 Å². The van der Waals surface area contributed by atoms with Gasteiger partial charge in [-0.25, -0.2) is 0 Å². The highest BCUT2D eigenvalue weighted by Gasteiger charge is 2.27. The van der Waals surface area contributed by atoms with Crippen molar-refractivity contribution >= 4 is 11.8 Å². The molecule has 0 radical (unpaired) electrons. The van der Waals surface area contributed by atoms with E-state index in [1.54, 1.807) is 18.2 Å². The van der Waals surface area contributed by atoms with Crippen molar-refractivity contribution in [3.8, 4) is 5.75 Å². The van der Waals surface area contributed by atoms with Crippen molar-refractivity contribution in [1.82, 2.24) is 0 Å². The lowest BCUT2D eigenvalue weighted by atomic mass is 10.3. The second-order valence-electron chi connectivity index (χ2n) is 2.69. The molecule has 0 bridgehead atoms. The smallest absolute Gasteiger partial charge is 0.411 e. The third-order valence-electron chi connectivity index (χ3n) is 1.43. The lowest BCUT2D eigenvalue weighted by Gasteiger charge is -2.07. The maximum atomic E-state index is 11.7. The van der Waals surface area contributed by atoms with E-state index >= 15 is 0 Å². The fourth-order valence-corrected chi connectivity index (χ4v) is 1.53. The summed E-state index contributed by atoms with van der Waals surface area (Å²) in [7, 11) is 0. The average molecular weight is 238 g/mol. The van der Waals surface area contributed by atoms with Gasteiger partial charge in [0.25, 0.3) is 0 Å². The molecule has 0 saturated heterocycles. The quantitative estimate of drug-likeness (QED) is 0.496. The summed E-state index contributed by atoms with van der Waals surface area (Å²) in [6, 6.07) is 6.39. The van der Waals surface area contributed by atoms with E-state index < -0.39 is 12.8 Å². The minimum atomic E-state index is -4.31. The number of halogens is 3. The zero-order chi connectivity index (χ0) is 11.3. The van der Waals surface area contributed by atoms with E-state index in [2.05, 4.69) is 4.74 Å². The number of hydrogen-bond acceptors (Lipinski definition) is 3. The fraction of sp³-hybridized carbons (Fsp3) is 0.333. The highest BCUT2D eigenvalue weighted by atomic mass is 32.2. The molecule has 6 heteroatoms. The number of phenols is 1. The molecule has 15 heavy (non-hydrogen) atoms. The molecule has 0 aliphatic heterocycles. The molecule has 0 aromatic heterocycles. The summed E-state index contributed by atoms with van der Waals surface area (Å²) >= 11 is 1.02. The van der Waals surface area contributed by atoms with Crippen LogP contribution in [0.2, 0.25) is 0 Å². The Kier molecular flexibility index (Phi) is 4.28. The highest BCUT2D eigenvalue weighted by molar-refractivity contribution is 7.99. The molecule has 1 N–H and O–H groups in total. The molecule has 0 unspecified atom stereocenters. The van der Waals surface area contributed by atoms with Crippen LogP contribution >= 0.6 is 11.8 Å². The molecule has 0 saturated carbocycles. The first kappa shape index (κ1) is 12.2. The molecule has 0 aliphatic carbocycles. The van der Waals surface area contributed by atoms with Gasteiger partial charge in [-0.2, -0.15) is 13.2 Å². The van der Waals surface area contributed by atoms with Crippen molar-refractivity contribution in [2.45, 2.75) is 11.1 Å². The van der Waals surface area contributed by atoms with Gasteiger partial charge in [-0.15, -0.1) is 0 Å². The monoisotopic (exact) mass is 238 g/mol. The van der Waals surface area contributed by atoms with Crippen LogP contribution in [-0.4, -0.2) is 23.8 Å². The van der Waals surface area contributed by atoms with Crippen molar-refractivity contribution in [2.75, 3.05) is 12.5 Å². The number of hydrogen-bond donors (Lipinski definition) is 1. The fourth-order valence-electron chi connectivity index (χ4n) is 0.842. The summed E-state index contributed by atoms with van der Waals surface area (Å²) in [6.07, 6.45) is -4.31. The van der Waals surface area contributed by atoms with Crippen LogP contribution in [0.4, 0.5) is 13.2 Å². The first-order valence-electron chi connectivity index (χ1n) is 4.04. The first-order valence-corrected chi connectivity index (χ1v) is 5.03. The van der Waals surface area contributed by atoms with E-state index in [4.69, 9.17) is 0 Å². The zero-order valence-corrected chi connectivity index (χ0v) is 8.44. The lowest BCUT2D eigenvalue weighted by molar-refractivity contribution is -0.168. The largest absolute Gasteiger partial charge is 0.507 e. The van der Waals surface area contributed by atoms with Gasteiger partial charge >= 0.3 is 6.18 Å². The number of alkyl halides is 3. The summed E-state index contributed by atoms with van der Waals surface area (Å²) in [5.74, 6) is -0.102. The van der Waals surface area contributed by atoms with Crippen molar-refractivity contribution in [1.29, 1.82) is 0 Å². The molecule has 0 spiro atoms. The van der Waals surface area contributed by atoms with Gasteiger partial charge in [0.05, 0.1) is 10.8 Å². The normalized spacial score (nSPS) is 11.7. The number of ether oxygens (including phenoxy) is 1. The highest BCUT2D eigenvalue weighted by Crippen LogP contribution is 2.28. The van der Waals surface area contributed by atoms with E-state index in [9.17, 15) is 18.3 Å². The Morgan fingerprint density at radius 2 is 1.93 bits per heavy atom. The molecule has 0 heterocycles. The SMILES string of the molecule is Oc1ccccc1SCOCC(F)(F)F. The number of aromatic hydroxyl groups is 1. The maximum Gasteiger partial charge on any atom is 0.411 e. The van der Waals surface area contributed by atoms with E-state index in [0.717, 1.165) is 11.8 Å². The Morgan fingerprint density at radius 1 is 1.27 bits per heavy atom. The zero-order valence-electron chi connectivity index (χ0n) is 7.62. The number of rotatable bonds is 4. The van der Waals surface area contributed by atoms with Crippen LogP contribution in [-0.2, 0) is 4.74 Å². The third-order valence-corrected chi connectivity index (χ3v) is 2.37. The van der Waals surface area contributed by atoms with Gasteiger partial charge in [-0.05, 0) is 12.1 Å². The van der Waals surface area contributed by atoms with Gasteiger partial charge in [-0.3, -0.25) is 0 Å². The van der Waals surface area contributed by atoms with Gasteiger partial charge in [0.2, 0.25) is 0 Å². The van der Waals surface area contributed by atoms with E-state index in [1.165, 1.54) is 6.07 Å². The van der Waals surface area contributed by atoms with Crippen LogP contribution in [0.25, 0.3) is 0 Å². The van der Waals surface area contributed by atoms with Crippen molar-refractivity contribution < 1.29 is 23.0 Å². The maximum absolute atomic E-state index is 11.7. The average Bonchev–Trinajstić information content (AvgIpc) is 2.13. The molecule has 1 rings (SSSR count). The van der Waals surface area contributed by atoms with E-state index in [1.807, 2.05) is 0 Å². The molecular weight excluding hydrogens is 229 g/mol. The van der Waals surface area contributed by atoms with E-state index in [0.29, 0.717) is 4.90 Å². The minimum Gasteiger partial charge on any atom is -0.507 e. The number of phenolic OH excluding ortho intramolecular Hbond substituents is 1. The molecule has 0 atom stereocenters. The number of para-hydroxylation sites is 1. The third kappa shape index (κ3) is 4.94. The van der Waals surface area contributed by atoms with Gasteiger partial charge < -0.3 is 9.84 Å². The second kappa shape index (κ2) is 5.27. The van der Waals surface area contributed by atoms with Crippen molar-refractivity contribution in [3.05, 3.63) is 24.3 Å². The Hall–Kier alpha value is -0.880. The number of benzene rings is 1. The Labute approximate surface area is 89.1 Å². The first-order chi connectivity index (χ1) is 6.99. The van der Waals surface area contributed by atoms with E-state index in [-0.39, 0.29) is 11.7 Å². The van der Waals surface area contributed by atoms with Crippen LogP contribution in [0.1, 0.15) is 0 Å². The molecule has 84 valence electrons. The predicted octanol–water partition coefficient (Wildman–Crippen LogP) is 3.02. The molecule has 1 aromatic rings. The topological polar surface area (TPSA) is 29.5 Å². The van der Waals surface area contributed by atoms with Crippen LogP contribution in [0.3, 0.4) is 0 Å². The Morgan fingerprint density at radius 3 is 2.53 bits per heavy atom. The molecular formula is C9H9F3O2S. The molecule has 2 nitrogen and oxygen atoms in total. The van der Waals surface area contributed by atoms with Crippen LogP contribution in [0, 0.1) is 0 Å². The van der Waals surface area contributed by atoms with Gasteiger partial charge in [0.15, 0.2) is 0 Å². The summed E-state index contributed by atoms with van der Waals surface area (Å²) in [4.78, 5) is 0.500. The summed E-state index contributed by atoms with van der Waals surface area (Å²) in [5, 5.41) is 9.27. The minimum absolute atomic E-state index is 0.0399. The summed E-state index contributed by atoms with van der Waals surface area (Å²) in [5.41, 5.74) is 0. The van der Waals surface area contributed by atoms with Crippen LogP contribution in [0.5, 0.6) is 5.75 Å². The van der Waals surface area contributed by atoms with Crippen LogP contribution in [0.15, 0.2) is 29.2 Å². The summed E-state index contributed by atoms with van der Waals surface area (Å²) < 4.78 is 39.4. The Bertz CT molecular complexity index is 314. The second-order valence-corrected chi connectivity index (χ2v) is 3.66. The molecule has 0 fully saturated rings. The lowest BCUT2D eigenvalue weighted by Crippen LogP contribution is -2.16. The van der Waals surface area contributed by atoms with Gasteiger partial charge in [-0.1, -0.05) is 23.9 Å². The molecule has 0 aliphatic rings. The van der Waals surface area contributed by atoms with Crippen molar-refractivity contribution in [2.24, 2.45) is 0 Å². The van der Waals surface area contributed by atoms with Crippen LogP contribution < -0.4 is 0 Å². The standard InChI is InChI=1S/C9H9F3O2S/c10-9(11,12)5-14-6-15-8-4-2-1-3-7(8)13/h1-4,13H,5-6H2.